The third kappa shape index (κ3) is 4.17. The van der Waals surface area contributed by atoms with Crippen LogP contribution in [0.5, 0.6) is 11.5 Å². The third-order valence-corrected chi connectivity index (χ3v) is 6.21. The molecule has 5 rings (SSSR count). The molecule has 182 valence electrons. The summed E-state index contributed by atoms with van der Waals surface area (Å²) in [5.74, 6) is 0.254. The van der Waals surface area contributed by atoms with Crippen LogP contribution >= 0.6 is 0 Å². The van der Waals surface area contributed by atoms with Crippen LogP contribution in [0, 0.1) is 6.92 Å². The molecule has 8 nitrogen and oxygen atoms in total. The fourth-order valence-electron chi connectivity index (χ4n) is 4.47. The Morgan fingerprint density at radius 3 is 2.36 bits per heavy atom. The highest BCUT2D eigenvalue weighted by molar-refractivity contribution is 5.99. The van der Waals surface area contributed by atoms with E-state index in [2.05, 4.69) is 0 Å². The summed E-state index contributed by atoms with van der Waals surface area (Å²) in [6, 6.07) is 19.0. The average molecular weight is 485 g/mol. The van der Waals surface area contributed by atoms with E-state index in [0.717, 1.165) is 11.1 Å². The second kappa shape index (κ2) is 9.22. The highest BCUT2D eigenvalue weighted by Gasteiger charge is 2.42. The summed E-state index contributed by atoms with van der Waals surface area (Å²) in [4.78, 5) is 40.0. The number of rotatable bonds is 7. The predicted octanol–water partition coefficient (Wildman–Crippen LogP) is 3.72. The number of methoxy groups -OCH3 is 1. The van der Waals surface area contributed by atoms with Crippen molar-refractivity contribution in [3.63, 3.8) is 0 Å². The normalized spacial score (nSPS) is 14.7. The summed E-state index contributed by atoms with van der Waals surface area (Å²) in [6.07, 6.45) is 0. The first-order valence-corrected chi connectivity index (χ1v) is 11.4. The number of aryl methyl sites for hydroxylation is 1. The van der Waals surface area contributed by atoms with E-state index in [4.69, 9.17) is 19.6 Å². The Morgan fingerprint density at radius 2 is 1.69 bits per heavy atom. The van der Waals surface area contributed by atoms with Crippen LogP contribution in [0.15, 0.2) is 75.9 Å². The van der Waals surface area contributed by atoms with E-state index in [1.54, 1.807) is 48.4 Å². The lowest BCUT2D eigenvalue weighted by molar-refractivity contribution is -0.119. The minimum absolute atomic E-state index is 0.0453. The lowest BCUT2D eigenvalue weighted by atomic mass is 9.98. The maximum Gasteiger partial charge on any atom is 0.291 e. The maximum atomic E-state index is 13.7. The minimum Gasteiger partial charge on any atom is -0.497 e. The van der Waals surface area contributed by atoms with Gasteiger partial charge in [-0.3, -0.25) is 14.4 Å². The predicted molar refractivity (Wildman–Crippen MR) is 133 cm³/mol. The van der Waals surface area contributed by atoms with Crippen LogP contribution in [0.4, 0.5) is 0 Å². The van der Waals surface area contributed by atoms with Gasteiger partial charge >= 0.3 is 0 Å². The molecule has 3 aromatic carbocycles. The van der Waals surface area contributed by atoms with Gasteiger partial charge in [0, 0.05) is 6.54 Å². The Balaban J connectivity index is 1.61. The Kier molecular flexibility index (Phi) is 5.93. The number of ether oxygens (including phenoxy) is 2. The molecule has 1 aliphatic rings. The van der Waals surface area contributed by atoms with Crippen molar-refractivity contribution in [1.82, 2.24) is 4.90 Å². The quantitative estimate of drug-likeness (QED) is 0.428. The zero-order valence-corrected chi connectivity index (χ0v) is 19.8. The summed E-state index contributed by atoms with van der Waals surface area (Å²) in [7, 11) is 1.59. The lowest BCUT2D eigenvalue weighted by Gasteiger charge is -2.25. The largest absolute Gasteiger partial charge is 0.497 e. The monoisotopic (exact) mass is 484 g/mol. The van der Waals surface area contributed by atoms with Gasteiger partial charge in [0.2, 0.25) is 5.76 Å². The molecule has 0 aliphatic carbocycles. The van der Waals surface area contributed by atoms with E-state index >= 15 is 0 Å². The van der Waals surface area contributed by atoms with Crippen LogP contribution in [0.3, 0.4) is 0 Å². The number of primary amides is 1. The van der Waals surface area contributed by atoms with Crippen molar-refractivity contribution in [2.45, 2.75) is 19.5 Å². The van der Waals surface area contributed by atoms with E-state index in [1.165, 1.54) is 0 Å². The van der Waals surface area contributed by atoms with Gasteiger partial charge in [-0.1, -0.05) is 35.9 Å². The summed E-state index contributed by atoms with van der Waals surface area (Å²) in [5, 5.41) is 0.430. The number of hydrogen-bond donors (Lipinski definition) is 1. The van der Waals surface area contributed by atoms with Crippen molar-refractivity contribution >= 4 is 22.8 Å². The second-order valence-corrected chi connectivity index (χ2v) is 8.68. The molecule has 2 N–H and O–H groups in total. The Hall–Kier alpha value is -4.59. The first kappa shape index (κ1) is 23.2. The number of amides is 2. The second-order valence-electron chi connectivity index (χ2n) is 8.68. The highest BCUT2D eigenvalue weighted by Crippen LogP contribution is 2.39. The molecule has 0 bridgehead atoms. The van der Waals surface area contributed by atoms with Gasteiger partial charge in [-0.05, 0) is 54.4 Å². The van der Waals surface area contributed by atoms with Gasteiger partial charge < -0.3 is 24.5 Å². The van der Waals surface area contributed by atoms with Gasteiger partial charge in [-0.25, -0.2) is 0 Å². The first-order valence-electron chi connectivity index (χ1n) is 11.4. The van der Waals surface area contributed by atoms with Crippen LogP contribution in [-0.4, -0.2) is 30.4 Å². The van der Waals surface area contributed by atoms with E-state index in [1.807, 2.05) is 37.3 Å². The number of carbonyl (C=O) groups excluding carboxylic acids is 2. The molecule has 1 unspecified atom stereocenters. The Labute approximate surface area is 206 Å². The average Bonchev–Trinajstić information content (AvgIpc) is 3.15. The summed E-state index contributed by atoms with van der Waals surface area (Å²) in [6.45, 7) is 1.91. The van der Waals surface area contributed by atoms with E-state index in [9.17, 15) is 14.4 Å². The summed E-state index contributed by atoms with van der Waals surface area (Å²) < 4.78 is 16.6. The number of nitrogens with two attached hydrogens (primary N) is 1. The molecule has 0 radical (unpaired) electrons. The van der Waals surface area contributed by atoms with E-state index in [-0.39, 0.29) is 30.2 Å². The third-order valence-electron chi connectivity index (χ3n) is 6.21. The standard InChI is InChI=1S/C28H24N2O6/c1-16-3-12-22-21(13-16)26(32)24-25(18-6-10-20(11-7-18)35-15-23(29)31)30(28(33)27(24)36-22)14-17-4-8-19(34-2)9-5-17/h3-13,25H,14-15H2,1-2H3,(H2,29,31). The molecule has 2 heterocycles. The van der Waals surface area contributed by atoms with Gasteiger partial charge in [0.1, 0.15) is 17.1 Å². The van der Waals surface area contributed by atoms with Gasteiger partial charge in [0.05, 0.1) is 24.1 Å². The van der Waals surface area contributed by atoms with Gasteiger partial charge in [-0.15, -0.1) is 0 Å². The SMILES string of the molecule is COc1ccc(CN2C(=O)c3oc4ccc(C)cc4c(=O)c3C2c2ccc(OCC(N)=O)cc2)cc1. The number of benzene rings is 3. The molecular weight excluding hydrogens is 460 g/mol. The van der Waals surface area contributed by atoms with Crippen LogP contribution < -0.4 is 20.6 Å². The van der Waals surface area contributed by atoms with Crippen molar-refractivity contribution in [2.24, 2.45) is 5.73 Å². The molecule has 1 aromatic heterocycles. The number of hydrogen-bond acceptors (Lipinski definition) is 6. The number of nitrogens with zero attached hydrogens (tertiary/aromatic N) is 1. The van der Waals surface area contributed by atoms with E-state index in [0.29, 0.717) is 33.6 Å². The molecule has 0 fully saturated rings. The molecule has 4 aromatic rings. The fourth-order valence-corrected chi connectivity index (χ4v) is 4.47. The Morgan fingerprint density at radius 1 is 1.00 bits per heavy atom. The highest BCUT2D eigenvalue weighted by atomic mass is 16.5. The van der Waals surface area contributed by atoms with Gasteiger partial charge in [0.15, 0.2) is 12.0 Å². The van der Waals surface area contributed by atoms with Crippen molar-refractivity contribution < 1.29 is 23.5 Å². The molecular formula is C28H24N2O6. The van der Waals surface area contributed by atoms with Crippen molar-refractivity contribution in [3.05, 3.63) is 105 Å². The zero-order chi connectivity index (χ0) is 25.4. The zero-order valence-electron chi connectivity index (χ0n) is 19.8. The molecule has 2 amide bonds. The fraction of sp³-hybridized carbons (Fsp3) is 0.179. The molecule has 8 heteroatoms. The number of carbonyl (C=O) groups is 2. The molecule has 1 atom stereocenters. The van der Waals surface area contributed by atoms with Gasteiger partial charge in [0.25, 0.3) is 11.8 Å². The van der Waals surface area contributed by atoms with E-state index < -0.39 is 11.9 Å². The smallest absolute Gasteiger partial charge is 0.291 e. The van der Waals surface area contributed by atoms with Crippen LogP contribution in [0.2, 0.25) is 0 Å². The molecule has 0 saturated carbocycles. The maximum absolute atomic E-state index is 13.7. The summed E-state index contributed by atoms with van der Waals surface area (Å²) >= 11 is 0. The van der Waals surface area contributed by atoms with Crippen molar-refractivity contribution in [3.8, 4) is 11.5 Å². The number of fused-ring (bicyclic) bond motifs is 2. The summed E-state index contributed by atoms with van der Waals surface area (Å²) in [5.41, 5.74) is 8.10. The van der Waals surface area contributed by atoms with Crippen LogP contribution in [0.1, 0.15) is 38.9 Å². The molecule has 36 heavy (non-hydrogen) atoms. The van der Waals surface area contributed by atoms with Crippen molar-refractivity contribution in [1.29, 1.82) is 0 Å². The molecule has 0 spiro atoms. The topological polar surface area (TPSA) is 112 Å². The minimum atomic E-state index is -0.666. The molecule has 0 saturated heterocycles. The molecule has 1 aliphatic heterocycles. The lowest BCUT2D eigenvalue weighted by Crippen LogP contribution is -2.29. The Bertz CT molecular complexity index is 1520. The van der Waals surface area contributed by atoms with Crippen LogP contribution in [-0.2, 0) is 11.3 Å². The van der Waals surface area contributed by atoms with Gasteiger partial charge in [-0.2, -0.15) is 0 Å². The van der Waals surface area contributed by atoms with Crippen molar-refractivity contribution in [2.75, 3.05) is 13.7 Å². The first-order chi connectivity index (χ1) is 17.4. The van der Waals surface area contributed by atoms with Crippen LogP contribution in [0.25, 0.3) is 11.0 Å².